The number of primary amides is 1. The van der Waals surface area contributed by atoms with Gasteiger partial charge >= 0.3 is 12.5 Å². The minimum atomic E-state index is -5.03. The Morgan fingerprint density at radius 1 is 1.07 bits per heavy atom. The van der Waals surface area contributed by atoms with E-state index in [2.05, 4.69) is 10.1 Å². The number of carbonyl (C=O) groups excluding carboxylic acids is 2. The van der Waals surface area contributed by atoms with Crippen LogP contribution in [0.3, 0.4) is 0 Å². The van der Waals surface area contributed by atoms with Crippen LogP contribution in [0.4, 0.5) is 32.0 Å². The molecule has 1 aliphatic heterocycles. The number of hydrogen-bond donors (Lipinski definition) is 2. The number of anilines is 1. The topological polar surface area (TPSA) is 113 Å². The predicted molar refractivity (Wildman–Crippen MR) is 139 cm³/mol. The van der Waals surface area contributed by atoms with E-state index in [0.717, 1.165) is 16.8 Å². The highest BCUT2D eigenvalue weighted by Crippen LogP contribution is 2.40. The summed E-state index contributed by atoms with van der Waals surface area (Å²) in [5.74, 6) is -3.82. The van der Waals surface area contributed by atoms with Crippen molar-refractivity contribution >= 4 is 29.1 Å². The van der Waals surface area contributed by atoms with Crippen molar-refractivity contribution in [2.24, 2.45) is 11.7 Å². The molecule has 4 rings (SSSR count). The van der Waals surface area contributed by atoms with Crippen LogP contribution in [0.1, 0.15) is 28.4 Å². The molecule has 8 nitrogen and oxygen atoms in total. The Bertz CT molecular complexity index is 1540. The van der Waals surface area contributed by atoms with Crippen molar-refractivity contribution in [2.45, 2.75) is 31.4 Å². The molecule has 0 fully saturated rings. The molecule has 2 heterocycles. The number of fused-ring (bicyclic) bond motifs is 3. The van der Waals surface area contributed by atoms with Gasteiger partial charge in [-0.25, -0.2) is 0 Å². The SMILES string of the molecule is NC(=O)c1ccc(NC(=O)C(CCOC(F)(F)F)n2cc3c(cc2=O)-c2cc(Cl)ccc2C[C@@H](C(F)(F)F)CO3)cc1. The molecule has 3 aromatic rings. The van der Waals surface area contributed by atoms with Crippen LogP contribution in [0.5, 0.6) is 5.75 Å². The van der Waals surface area contributed by atoms with Gasteiger partial charge in [0.25, 0.3) is 5.56 Å². The van der Waals surface area contributed by atoms with Gasteiger partial charge < -0.3 is 15.8 Å². The number of hydrogen-bond acceptors (Lipinski definition) is 5. The second kappa shape index (κ2) is 12.1. The summed E-state index contributed by atoms with van der Waals surface area (Å²) >= 11 is 6.09. The van der Waals surface area contributed by atoms with Crippen LogP contribution < -0.4 is 21.3 Å². The smallest absolute Gasteiger partial charge is 0.491 e. The summed E-state index contributed by atoms with van der Waals surface area (Å²) in [5.41, 5.74) is 5.13. The van der Waals surface area contributed by atoms with Gasteiger partial charge in [0.2, 0.25) is 11.8 Å². The van der Waals surface area contributed by atoms with Gasteiger partial charge in [-0.1, -0.05) is 17.7 Å². The molecular formula is C27H22ClF6N3O5. The molecule has 224 valence electrons. The average Bonchev–Trinajstić information content (AvgIpc) is 2.88. The molecule has 2 amide bonds. The van der Waals surface area contributed by atoms with Crippen LogP contribution in [0.2, 0.25) is 5.02 Å². The fourth-order valence-electron chi connectivity index (χ4n) is 4.43. The van der Waals surface area contributed by atoms with Gasteiger partial charge in [-0.3, -0.25) is 23.7 Å². The van der Waals surface area contributed by atoms with Gasteiger partial charge in [0, 0.05) is 34.3 Å². The molecule has 2 atom stereocenters. The number of alkyl halides is 6. The highest BCUT2D eigenvalue weighted by molar-refractivity contribution is 6.30. The third-order valence-corrected chi connectivity index (χ3v) is 6.74. The number of ether oxygens (including phenoxy) is 2. The molecular weight excluding hydrogens is 596 g/mol. The predicted octanol–water partition coefficient (Wildman–Crippen LogP) is 5.49. The van der Waals surface area contributed by atoms with Crippen LogP contribution in [0.15, 0.2) is 59.5 Å². The monoisotopic (exact) mass is 617 g/mol. The summed E-state index contributed by atoms with van der Waals surface area (Å²) in [5, 5.41) is 2.62. The summed E-state index contributed by atoms with van der Waals surface area (Å²) in [4.78, 5) is 37.8. The Labute approximate surface area is 239 Å². The van der Waals surface area contributed by atoms with Crippen molar-refractivity contribution < 1.29 is 45.4 Å². The highest BCUT2D eigenvalue weighted by Gasteiger charge is 2.41. The normalized spacial score (nSPS) is 15.8. The van der Waals surface area contributed by atoms with Gasteiger partial charge in [-0.2, -0.15) is 13.2 Å². The number of halogens is 7. The maximum Gasteiger partial charge on any atom is 0.522 e. The molecule has 0 radical (unpaired) electrons. The maximum absolute atomic E-state index is 13.7. The van der Waals surface area contributed by atoms with E-state index >= 15 is 0 Å². The number of aromatic nitrogens is 1. The molecule has 3 N–H and O–H groups in total. The van der Waals surface area contributed by atoms with Crippen molar-refractivity contribution in [3.05, 3.63) is 81.2 Å². The Morgan fingerprint density at radius 2 is 1.76 bits per heavy atom. The third-order valence-electron chi connectivity index (χ3n) is 6.51. The Morgan fingerprint density at radius 3 is 2.38 bits per heavy atom. The lowest BCUT2D eigenvalue weighted by Gasteiger charge is -2.27. The van der Waals surface area contributed by atoms with E-state index in [4.69, 9.17) is 22.1 Å². The highest BCUT2D eigenvalue weighted by atomic mass is 35.5. The first-order valence-electron chi connectivity index (χ1n) is 12.3. The van der Waals surface area contributed by atoms with Crippen molar-refractivity contribution in [1.29, 1.82) is 0 Å². The number of nitrogens with zero attached hydrogens (tertiary/aromatic N) is 1. The first-order chi connectivity index (χ1) is 19.6. The molecule has 1 aromatic heterocycles. The lowest BCUT2D eigenvalue weighted by molar-refractivity contribution is -0.325. The zero-order valence-corrected chi connectivity index (χ0v) is 22.1. The summed E-state index contributed by atoms with van der Waals surface area (Å²) in [7, 11) is 0. The Kier molecular flexibility index (Phi) is 8.87. The quantitative estimate of drug-likeness (QED) is 0.341. The Balaban J connectivity index is 1.76. The van der Waals surface area contributed by atoms with Crippen molar-refractivity contribution in [3.8, 4) is 16.9 Å². The van der Waals surface area contributed by atoms with Crippen molar-refractivity contribution in [1.82, 2.24) is 4.57 Å². The second-order valence-corrected chi connectivity index (χ2v) is 9.82. The largest absolute Gasteiger partial charge is 0.522 e. The van der Waals surface area contributed by atoms with E-state index in [1.165, 1.54) is 42.5 Å². The molecule has 0 bridgehead atoms. The first kappa shape index (κ1) is 30.9. The molecule has 1 unspecified atom stereocenters. The fraction of sp³-hybridized carbons (Fsp3) is 0.296. The minimum Gasteiger partial charge on any atom is -0.491 e. The third kappa shape index (κ3) is 7.42. The fourth-order valence-corrected chi connectivity index (χ4v) is 4.60. The van der Waals surface area contributed by atoms with Gasteiger partial charge in [0.1, 0.15) is 18.4 Å². The number of pyridine rings is 1. The van der Waals surface area contributed by atoms with E-state index in [0.29, 0.717) is 0 Å². The van der Waals surface area contributed by atoms with Crippen LogP contribution in [-0.4, -0.2) is 42.1 Å². The van der Waals surface area contributed by atoms with E-state index < -0.39 is 67.9 Å². The molecule has 42 heavy (non-hydrogen) atoms. The molecule has 1 aliphatic rings. The van der Waals surface area contributed by atoms with Crippen molar-refractivity contribution in [2.75, 3.05) is 18.5 Å². The van der Waals surface area contributed by atoms with Crippen LogP contribution in [0.25, 0.3) is 11.1 Å². The molecule has 0 spiro atoms. The van der Waals surface area contributed by atoms with Crippen LogP contribution >= 0.6 is 11.6 Å². The van der Waals surface area contributed by atoms with Crippen molar-refractivity contribution in [3.63, 3.8) is 0 Å². The van der Waals surface area contributed by atoms with E-state index in [9.17, 15) is 40.7 Å². The summed E-state index contributed by atoms with van der Waals surface area (Å²) in [6.45, 7) is -1.85. The lowest BCUT2D eigenvalue weighted by Crippen LogP contribution is -2.35. The summed E-state index contributed by atoms with van der Waals surface area (Å²) < 4.78 is 89.4. The molecule has 0 aliphatic carbocycles. The van der Waals surface area contributed by atoms with Gasteiger partial charge in [-0.05, 0) is 53.9 Å². The van der Waals surface area contributed by atoms with Crippen LogP contribution in [0, 0.1) is 5.92 Å². The van der Waals surface area contributed by atoms with Gasteiger partial charge in [0.05, 0.1) is 18.7 Å². The molecule has 0 saturated heterocycles. The van der Waals surface area contributed by atoms with E-state index in [1.54, 1.807) is 0 Å². The number of benzene rings is 2. The standard InChI is InChI=1S/C27H22ClF6N3O5/c28-17-4-1-15-9-16(26(29,30)31)13-41-22-12-37(23(38)11-20(22)19(15)10-17)21(7-8-42-27(32,33)34)25(40)36-18-5-2-14(3-6-18)24(35)39/h1-6,10-12,16,21H,7-9,13H2,(H2,35,39)(H,36,40)/t16-,21?/m1/s1. The lowest BCUT2D eigenvalue weighted by atomic mass is 9.91. The van der Waals surface area contributed by atoms with Crippen LogP contribution in [-0.2, 0) is 16.0 Å². The number of nitrogens with one attached hydrogen (secondary N) is 1. The van der Waals surface area contributed by atoms with E-state index in [-0.39, 0.29) is 38.7 Å². The number of rotatable bonds is 7. The number of amides is 2. The molecule has 15 heteroatoms. The summed E-state index contributed by atoms with van der Waals surface area (Å²) in [6, 6.07) is 8.81. The van der Waals surface area contributed by atoms with Gasteiger partial charge in [-0.15, -0.1) is 13.2 Å². The maximum atomic E-state index is 13.7. The average molecular weight is 618 g/mol. The minimum absolute atomic E-state index is 0.0992. The Hall–Kier alpha value is -4.04. The zero-order valence-electron chi connectivity index (χ0n) is 21.4. The van der Waals surface area contributed by atoms with Gasteiger partial charge in [0.15, 0.2) is 0 Å². The first-order valence-corrected chi connectivity index (χ1v) is 12.7. The number of nitrogens with two attached hydrogens (primary N) is 1. The second-order valence-electron chi connectivity index (χ2n) is 9.38. The van der Waals surface area contributed by atoms with E-state index in [1.807, 2.05) is 0 Å². The number of carbonyl (C=O) groups is 2. The molecule has 0 saturated carbocycles. The zero-order chi connectivity index (χ0) is 30.8. The summed E-state index contributed by atoms with van der Waals surface area (Å²) in [6.07, 6.45) is -9.79. The molecule has 2 aromatic carbocycles.